The number of aliphatic imine (C=N–C) groups is 1. The number of ether oxygens (including phenoxy) is 1. The summed E-state index contributed by atoms with van der Waals surface area (Å²) in [6, 6.07) is 7.21. The van der Waals surface area contributed by atoms with E-state index >= 15 is 0 Å². The Labute approximate surface area is 99.9 Å². The van der Waals surface area contributed by atoms with Gasteiger partial charge in [-0.2, -0.15) is 0 Å². The summed E-state index contributed by atoms with van der Waals surface area (Å²) in [7, 11) is 0. The Morgan fingerprint density at radius 1 is 1.35 bits per heavy atom. The van der Waals surface area contributed by atoms with E-state index in [0.29, 0.717) is 13.0 Å². The van der Waals surface area contributed by atoms with Gasteiger partial charge >= 0.3 is 5.97 Å². The van der Waals surface area contributed by atoms with Crippen LogP contribution in [0.25, 0.3) is 0 Å². The molecule has 0 bridgehead atoms. The largest absolute Gasteiger partial charge is 0.494 e. The topological polar surface area (TPSA) is 84.9 Å². The first-order valence-corrected chi connectivity index (χ1v) is 5.41. The first kappa shape index (κ1) is 13.0. The lowest BCUT2D eigenvalue weighted by molar-refractivity contribution is -0.137. The van der Waals surface area contributed by atoms with Crippen LogP contribution in [-0.4, -0.2) is 24.0 Å². The molecule has 0 aliphatic carbocycles. The number of aliphatic carboxylic acids is 1. The Bertz CT molecular complexity index is 374. The van der Waals surface area contributed by atoms with E-state index in [0.717, 1.165) is 17.9 Å². The van der Waals surface area contributed by atoms with Crippen molar-refractivity contribution in [2.45, 2.75) is 19.3 Å². The molecule has 0 spiro atoms. The second kappa shape index (κ2) is 7.27. The second-order valence-corrected chi connectivity index (χ2v) is 3.47. The lowest BCUT2D eigenvalue weighted by Gasteiger charge is -2.05. The lowest BCUT2D eigenvalue weighted by atomic mass is 10.2. The fourth-order valence-corrected chi connectivity index (χ4v) is 1.28. The number of rotatable bonds is 7. The number of hydrogen-bond acceptors (Lipinski definition) is 3. The molecular weight excluding hydrogens is 220 g/mol. The minimum Gasteiger partial charge on any atom is -0.494 e. The monoisotopic (exact) mass is 236 g/mol. The highest BCUT2D eigenvalue weighted by molar-refractivity contribution is 5.66. The summed E-state index contributed by atoms with van der Waals surface area (Å²) in [5, 5.41) is 8.45. The fraction of sp³-hybridized carbons (Fsp3) is 0.333. The molecule has 0 amide bonds. The molecule has 1 aromatic carbocycles. The van der Waals surface area contributed by atoms with E-state index in [-0.39, 0.29) is 6.42 Å². The number of carboxylic acid groups (broad SMARTS) is 1. The van der Waals surface area contributed by atoms with Gasteiger partial charge in [0.1, 0.15) is 5.75 Å². The zero-order valence-corrected chi connectivity index (χ0v) is 9.50. The maximum absolute atomic E-state index is 10.3. The van der Waals surface area contributed by atoms with E-state index < -0.39 is 5.97 Å². The van der Waals surface area contributed by atoms with Gasteiger partial charge in [-0.25, -0.2) is 4.99 Å². The molecule has 3 N–H and O–H groups in total. The normalized spacial score (nSPS) is 10.6. The number of hydrogen-bond donors (Lipinski definition) is 2. The molecule has 0 radical (unpaired) electrons. The van der Waals surface area contributed by atoms with Crippen molar-refractivity contribution >= 4 is 18.0 Å². The summed E-state index contributed by atoms with van der Waals surface area (Å²) in [6.45, 7) is 0.521. The van der Waals surface area contributed by atoms with Gasteiger partial charge < -0.3 is 15.6 Å². The van der Waals surface area contributed by atoms with Gasteiger partial charge in [-0.3, -0.25) is 4.79 Å². The summed E-state index contributed by atoms with van der Waals surface area (Å²) in [5.74, 6) is -0.0229. The molecule has 17 heavy (non-hydrogen) atoms. The molecule has 0 unspecified atom stereocenters. The van der Waals surface area contributed by atoms with Crippen molar-refractivity contribution in [1.82, 2.24) is 0 Å². The number of carboxylic acids is 1. The van der Waals surface area contributed by atoms with E-state index in [4.69, 9.17) is 15.6 Å². The maximum Gasteiger partial charge on any atom is 0.303 e. The lowest BCUT2D eigenvalue weighted by Crippen LogP contribution is -2.00. The van der Waals surface area contributed by atoms with Crippen LogP contribution < -0.4 is 10.5 Å². The van der Waals surface area contributed by atoms with Gasteiger partial charge in [0.2, 0.25) is 0 Å². The van der Waals surface area contributed by atoms with Gasteiger partial charge in [0.05, 0.1) is 18.6 Å². The molecule has 0 saturated carbocycles. The molecule has 1 rings (SSSR count). The molecule has 0 fully saturated rings. The Hall–Kier alpha value is -2.04. The third-order valence-corrected chi connectivity index (χ3v) is 2.11. The van der Waals surface area contributed by atoms with Crippen LogP contribution in [0.15, 0.2) is 29.3 Å². The Balaban J connectivity index is 2.25. The van der Waals surface area contributed by atoms with Crippen LogP contribution in [0.1, 0.15) is 19.3 Å². The minimum absolute atomic E-state index is 0.188. The van der Waals surface area contributed by atoms with Gasteiger partial charge in [0, 0.05) is 6.42 Å². The van der Waals surface area contributed by atoms with Crippen LogP contribution in [0, 0.1) is 0 Å². The number of benzene rings is 1. The van der Waals surface area contributed by atoms with Gasteiger partial charge in [-0.05, 0) is 37.1 Å². The highest BCUT2D eigenvalue weighted by Crippen LogP contribution is 2.17. The van der Waals surface area contributed by atoms with Crippen molar-refractivity contribution in [3.05, 3.63) is 24.3 Å². The first-order chi connectivity index (χ1) is 8.22. The van der Waals surface area contributed by atoms with Crippen molar-refractivity contribution in [2.75, 3.05) is 6.61 Å². The van der Waals surface area contributed by atoms with E-state index in [2.05, 4.69) is 4.99 Å². The summed E-state index contributed by atoms with van der Waals surface area (Å²) in [6.07, 6.45) is 2.79. The molecule has 0 aliphatic rings. The summed E-state index contributed by atoms with van der Waals surface area (Å²) >= 11 is 0. The van der Waals surface area contributed by atoms with Crippen LogP contribution in [0.4, 0.5) is 5.69 Å². The maximum atomic E-state index is 10.3. The number of carbonyl (C=O) groups is 1. The van der Waals surface area contributed by atoms with Gasteiger partial charge in [0.15, 0.2) is 0 Å². The van der Waals surface area contributed by atoms with Crippen molar-refractivity contribution < 1.29 is 14.6 Å². The van der Waals surface area contributed by atoms with Crippen LogP contribution >= 0.6 is 0 Å². The molecular formula is C12H16N2O3. The van der Waals surface area contributed by atoms with Crippen molar-refractivity contribution in [3.63, 3.8) is 0 Å². The van der Waals surface area contributed by atoms with Crippen LogP contribution in [-0.2, 0) is 4.79 Å². The Kier molecular flexibility index (Phi) is 5.57. The van der Waals surface area contributed by atoms with Gasteiger partial charge in [0.25, 0.3) is 0 Å². The molecule has 0 heterocycles. The number of unbranched alkanes of at least 4 members (excludes halogenated alkanes) is 1. The van der Waals surface area contributed by atoms with E-state index in [9.17, 15) is 4.79 Å². The average Bonchev–Trinajstić information content (AvgIpc) is 2.31. The van der Waals surface area contributed by atoms with E-state index in [1.165, 1.54) is 6.34 Å². The highest BCUT2D eigenvalue weighted by Gasteiger charge is 1.97. The third kappa shape index (κ3) is 5.55. The Morgan fingerprint density at radius 2 is 2.06 bits per heavy atom. The molecule has 1 aromatic rings. The predicted octanol–water partition coefficient (Wildman–Crippen LogP) is 1.94. The van der Waals surface area contributed by atoms with Crippen LogP contribution in [0.5, 0.6) is 5.75 Å². The van der Waals surface area contributed by atoms with Crippen molar-refractivity contribution in [1.29, 1.82) is 0 Å². The van der Waals surface area contributed by atoms with Crippen molar-refractivity contribution in [2.24, 2.45) is 10.7 Å². The number of nitrogens with two attached hydrogens (primary N) is 1. The fourth-order valence-electron chi connectivity index (χ4n) is 1.28. The minimum atomic E-state index is -0.769. The quantitative estimate of drug-likeness (QED) is 0.430. The molecule has 5 heteroatoms. The molecule has 0 saturated heterocycles. The first-order valence-electron chi connectivity index (χ1n) is 5.41. The predicted molar refractivity (Wildman–Crippen MR) is 65.8 cm³/mol. The zero-order valence-electron chi connectivity index (χ0n) is 9.50. The van der Waals surface area contributed by atoms with E-state index in [1.54, 1.807) is 24.3 Å². The highest BCUT2D eigenvalue weighted by atomic mass is 16.5. The zero-order chi connectivity index (χ0) is 12.5. The average molecular weight is 236 g/mol. The number of nitrogens with zero attached hydrogens (tertiary/aromatic N) is 1. The van der Waals surface area contributed by atoms with Gasteiger partial charge in [-0.1, -0.05) is 0 Å². The van der Waals surface area contributed by atoms with Gasteiger partial charge in [-0.15, -0.1) is 0 Å². The SMILES string of the molecule is NC=Nc1ccc(OCCCCC(=O)O)cc1. The summed E-state index contributed by atoms with van der Waals surface area (Å²) in [4.78, 5) is 14.2. The molecule has 0 aliphatic heterocycles. The van der Waals surface area contributed by atoms with Crippen molar-refractivity contribution in [3.8, 4) is 5.75 Å². The summed E-state index contributed by atoms with van der Waals surface area (Å²) in [5.41, 5.74) is 5.93. The third-order valence-electron chi connectivity index (χ3n) is 2.11. The smallest absolute Gasteiger partial charge is 0.303 e. The molecule has 0 atom stereocenters. The summed E-state index contributed by atoms with van der Waals surface area (Å²) < 4.78 is 5.44. The van der Waals surface area contributed by atoms with E-state index in [1.807, 2.05) is 0 Å². The molecule has 0 aromatic heterocycles. The second-order valence-electron chi connectivity index (χ2n) is 3.47. The standard InChI is InChI=1S/C12H16N2O3/c13-9-14-10-4-6-11(7-5-10)17-8-2-1-3-12(15)16/h4-7,9H,1-3,8H2,(H2,13,14)(H,15,16). The van der Waals surface area contributed by atoms with Crippen LogP contribution in [0.3, 0.4) is 0 Å². The van der Waals surface area contributed by atoms with Crippen LogP contribution in [0.2, 0.25) is 0 Å². The molecule has 5 nitrogen and oxygen atoms in total. The molecule has 92 valence electrons. The Morgan fingerprint density at radius 3 is 2.65 bits per heavy atom.